The molecule has 2 amide bonds. The van der Waals surface area contributed by atoms with Crippen molar-refractivity contribution in [3.05, 3.63) is 0 Å². The van der Waals surface area contributed by atoms with Gasteiger partial charge in [0.05, 0.1) is 6.04 Å². The molecular formula is C10H18N2O. The van der Waals surface area contributed by atoms with E-state index in [4.69, 9.17) is 0 Å². The molecule has 0 bridgehead atoms. The summed E-state index contributed by atoms with van der Waals surface area (Å²) in [5.74, 6) is 0. The molecule has 2 aliphatic rings. The summed E-state index contributed by atoms with van der Waals surface area (Å²) in [6.45, 7) is 6.12. The van der Waals surface area contributed by atoms with E-state index in [1.165, 1.54) is 19.3 Å². The topological polar surface area (TPSA) is 23.6 Å². The molecule has 2 aliphatic heterocycles. The Morgan fingerprint density at radius 1 is 1.38 bits per heavy atom. The maximum Gasteiger partial charge on any atom is 0.320 e. The number of fused-ring (bicyclic) bond motifs is 1. The third-order valence-corrected chi connectivity index (χ3v) is 3.15. The largest absolute Gasteiger partial charge is 0.320 e. The predicted molar refractivity (Wildman–Crippen MR) is 51.6 cm³/mol. The maximum absolute atomic E-state index is 11.8. The molecule has 2 rings (SSSR count). The van der Waals surface area contributed by atoms with Gasteiger partial charge in [0.25, 0.3) is 0 Å². The normalized spacial score (nSPS) is 28.5. The zero-order valence-electron chi connectivity index (χ0n) is 8.49. The molecule has 2 fully saturated rings. The van der Waals surface area contributed by atoms with Gasteiger partial charge in [-0.15, -0.1) is 0 Å². The molecule has 0 N–H and O–H groups in total. The molecule has 0 aliphatic carbocycles. The third kappa shape index (κ3) is 1.40. The van der Waals surface area contributed by atoms with Crippen molar-refractivity contribution in [3.8, 4) is 0 Å². The minimum Gasteiger partial charge on any atom is -0.320 e. The fraction of sp³-hybridized carbons (Fsp3) is 0.900. The molecule has 3 heteroatoms. The molecular weight excluding hydrogens is 164 g/mol. The predicted octanol–water partition coefficient (Wildman–Crippen LogP) is 1.68. The molecule has 0 spiro atoms. The summed E-state index contributed by atoms with van der Waals surface area (Å²) in [4.78, 5) is 15.9. The molecule has 1 atom stereocenters. The number of amides is 2. The van der Waals surface area contributed by atoms with Gasteiger partial charge in [0.2, 0.25) is 0 Å². The minimum atomic E-state index is 0.264. The first-order valence-electron chi connectivity index (χ1n) is 5.27. The van der Waals surface area contributed by atoms with Crippen LogP contribution in [-0.4, -0.2) is 41.0 Å². The summed E-state index contributed by atoms with van der Waals surface area (Å²) in [6, 6.07) is 1.14. The number of carbonyl (C=O) groups excluding carboxylic acids is 1. The van der Waals surface area contributed by atoms with Gasteiger partial charge in [-0.1, -0.05) is 0 Å². The van der Waals surface area contributed by atoms with Crippen molar-refractivity contribution in [3.63, 3.8) is 0 Å². The van der Waals surface area contributed by atoms with Gasteiger partial charge >= 0.3 is 6.03 Å². The van der Waals surface area contributed by atoms with Crippen LogP contribution in [0.15, 0.2) is 0 Å². The molecule has 3 nitrogen and oxygen atoms in total. The highest BCUT2D eigenvalue weighted by molar-refractivity contribution is 5.77. The lowest BCUT2D eigenvalue weighted by molar-refractivity contribution is 0.171. The number of hydrogen-bond donors (Lipinski definition) is 0. The van der Waals surface area contributed by atoms with Crippen molar-refractivity contribution in [2.24, 2.45) is 0 Å². The van der Waals surface area contributed by atoms with Crippen molar-refractivity contribution >= 4 is 6.03 Å². The lowest BCUT2D eigenvalue weighted by Gasteiger charge is -2.27. The Morgan fingerprint density at radius 3 is 2.77 bits per heavy atom. The SMILES string of the molecule is CC(C)N1CC2CCCCN2C1=O. The molecule has 0 saturated carbocycles. The zero-order chi connectivity index (χ0) is 9.42. The van der Waals surface area contributed by atoms with Crippen molar-refractivity contribution in [1.29, 1.82) is 0 Å². The van der Waals surface area contributed by atoms with Crippen molar-refractivity contribution in [2.75, 3.05) is 13.1 Å². The fourth-order valence-corrected chi connectivity index (χ4v) is 2.34. The number of piperidine rings is 1. The Bertz CT molecular complexity index is 211. The van der Waals surface area contributed by atoms with Gasteiger partial charge in [-0.05, 0) is 33.1 Å². The fourth-order valence-electron chi connectivity index (χ4n) is 2.34. The van der Waals surface area contributed by atoms with Gasteiger partial charge in [-0.2, -0.15) is 0 Å². The second-order valence-corrected chi connectivity index (χ2v) is 4.37. The van der Waals surface area contributed by atoms with Crippen LogP contribution in [0.25, 0.3) is 0 Å². The van der Waals surface area contributed by atoms with E-state index < -0.39 is 0 Å². The molecule has 0 radical (unpaired) electrons. The maximum atomic E-state index is 11.8. The van der Waals surface area contributed by atoms with Crippen LogP contribution in [0, 0.1) is 0 Å². The Morgan fingerprint density at radius 2 is 2.15 bits per heavy atom. The Labute approximate surface area is 79.7 Å². The number of carbonyl (C=O) groups is 1. The van der Waals surface area contributed by atoms with Crippen LogP contribution in [0.5, 0.6) is 0 Å². The van der Waals surface area contributed by atoms with E-state index in [2.05, 4.69) is 18.7 Å². The lowest BCUT2D eigenvalue weighted by atomic mass is 10.0. The summed E-state index contributed by atoms with van der Waals surface area (Å²) in [7, 11) is 0. The molecule has 2 saturated heterocycles. The van der Waals surface area contributed by atoms with Crippen LogP contribution in [0.2, 0.25) is 0 Å². The van der Waals surface area contributed by atoms with E-state index in [-0.39, 0.29) is 6.03 Å². The van der Waals surface area contributed by atoms with Crippen LogP contribution in [0.3, 0.4) is 0 Å². The van der Waals surface area contributed by atoms with Gasteiger partial charge in [0.1, 0.15) is 0 Å². The highest BCUT2D eigenvalue weighted by Crippen LogP contribution is 2.26. The van der Waals surface area contributed by atoms with Gasteiger partial charge in [0.15, 0.2) is 0 Å². The van der Waals surface area contributed by atoms with Crippen LogP contribution in [0.4, 0.5) is 4.79 Å². The van der Waals surface area contributed by atoms with Crippen LogP contribution in [0.1, 0.15) is 33.1 Å². The molecule has 2 heterocycles. The second-order valence-electron chi connectivity index (χ2n) is 4.37. The lowest BCUT2D eigenvalue weighted by Crippen LogP contribution is -2.39. The number of urea groups is 1. The van der Waals surface area contributed by atoms with Gasteiger partial charge in [-0.3, -0.25) is 0 Å². The van der Waals surface area contributed by atoms with Gasteiger partial charge < -0.3 is 9.80 Å². The van der Waals surface area contributed by atoms with E-state index in [0.717, 1.165) is 13.1 Å². The molecule has 0 aromatic heterocycles. The van der Waals surface area contributed by atoms with Crippen molar-refractivity contribution < 1.29 is 4.79 Å². The van der Waals surface area contributed by atoms with Crippen LogP contribution >= 0.6 is 0 Å². The first-order valence-corrected chi connectivity index (χ1v) is 5.27. The smallest absolute Gasteiger partial charge is 0.320 e. The highest BCUT2D eigenvalue weighted by Gasteiger charge is 2.38. The van der Waals surface area contributed by atoms with E-state index in [1.54, 1.807) is 0 Å². The van der Waals surface area contributed by atoms with Crippen molar-refractivity contribution in [2.45, 2.75) is 45.2 Å². The van der Waals surface area contributed by atoms with E-state index in [0.29, 0.717) is 12.1 Å². The van der Waals surface area contributed by atoms with Crippen LogP contribution in [-0.2, 0) is 0 Å². The molecule has 13 heavy (non-hydrogen) atoms. The first kappa shape index (κ1) is 8.85. The minimum absolute atomic E-state index is 0.264. The number of rotatable bonds is 1. The van der Waals surface area contributed by atoms with E-state index in [1.807, 2.05) is 4.90 Å². The molecule has 1 unspecified atom stereocenters. The molecule has 74 valence electrons. The summed E-state index contributed by atoms with van der Waals surface area (Å²) in [5.41, 5.74) is 0. The van der Waals surface area contributed by atoms with Crippen molar-refractivity contribution in [1.82, 2.24) is 9.80 Å². The quantitative estimate of drug-likeness (QED) is 0.605. The Balaban J connectivity index is 2.09. The molecule has 0 aromatic carbocycles. The van der Waals surface area contributed by atoms with E-state index >= 15 is 0 Å². The average Bonchev–Trinajstić information content (AvgIpc) is 2.45. The number of hydrogen-bond acceptors (Lipinski definition) is 1. The monoisotopic (exact) mass is 182 g/mol. The van der Waals surface area contributed by atoms with Gasteiger partial charge in [0, 0.05) is 19.1 Å². The zero-order valence-corrected chi connectivity index (χ0v) is 8.49. The average molecular weight is 182 g/mol. The van der Waals surface area contributed by atoms with Gasteiger partial charge in [-0.25, -0.2) is 4.79 Å². The number of nitrogens with zero attached hydrogens (tertiary/aromatic N) is 2. The molecule has 0 aromatic rings. The van der Waals surface area contributed by atoms with E-state index in [9.17, 15) is 4.79 Å². The second kappa shape index (κ2) is 3.20. The Hall–Kier alpha value is -0.730. The first-order chi connectivity index (χ1) is 6.20. The summed E-state index contributed by atoms with van der Waals surface area (Å²) < 4.78 is 0. The summed E-state index contributed by atoms with van der Waals surface area (Å²) in [5, 5.41) is 0. The highest BCUT2D eigenvalue weighted by atomic mass is 16.2. The van der Waals surface area contributed by atoms with Crippen LogP contribution < -0.4 is 0 Å². The summed E-state index contributed by atoms with van der Waals surface area (Å²) in [6.07, 6.45) is 3.68. The Kier molecular flexibility index (Phi) is 2.18. The third-order valence-electron chi connectivity index (χ3n) is 3.15. The summed E-state index contributed by atoms with van der Waals surface area (Å²) >= 11 is 0. The standard InChI is InChI=1S/C10H18N2O/c1-8(2)12-7-9-5-3-4-6-11(9)10(12)13/h8-9H,3-7H2,1-2H3.